The summed E-state index contributed by atoms with van der Waals surface area (Å²) in [7, 11) is 3.34. The lowest BCUT2D eigenvalue weighted by molar-refractivity contribution is -0.130. The summed E-state index contributed by atoms with van der Waals surface area (Å²) in [5, 5.41) is 5.91. The molecule has 6 nitrogen and oxygen atoms in total. The first-order valence-corrected chi connectivity index (χ1v) is 10.5. The summed E-state index contributed by atoms with van der Waals surface area (Å²) in [6.45, 7) is 2.48. The zero-order valence-electron chi connectivity index (χ0n) is 17.3. The number of benzene rings is 2. The van der Waals surface area contributed by atoms with E-state index < -0.39 is 0 Å². The molecule has 1 heterocycles. The third kappa shape index (κ3) is 5.90. The average molecular weight is 424 g/mol. The van der Waals surface area contributed by atoms with E-state index in [1.807, 2.05) is 5.38 Å². The van der Waals surface area contributed by atoms with Gasteiger partial charge in [-0.3, -0.25) is 9.59 Å². The van der Waals surface area contributed by atoms with Crippen molar-refractivity contribution >= 4 is 23.2 Å². The number of likely N-dealkylation sites (N-methyl/N-ethyl adjacent to an activating group) is 1. The second-order valence-electron chi connectivity index (χ2n) is 7.12. The van der Waals surface area contributed by atoms with Crippen LogP contribution in [0.4, 0.5) is 0 Å². The Morgan fingerprint density at radius 3 is 2.63 bits per heavy atom. The number of thiazole rings is 1. The van der Waals surface area contributed by atoms with Gasteiger partial charge >= 0.3 is 0 Å². The van der Waals surface area contributed by atoms with Gasteiger partial charge < -0.3 is 15.0 Å². The number of amides is 2. The van der Waals surface area contributed by atoms with Crippen LogP contribution < -0.4 is 10.1 Å². The number of nitrogens with zero attached hydrogens (tertiary/aromatic N) is 2. The van der Waals surface area contributed by atoms with E-state index in [0.717, 1.165) is 16.3 Å². The second kappa shape index (κ2) is 10.0. The van der Waals surface area contributed by atoms with Crippen LogP contribution in [-0.2, 0) is 11.2 Å². The zero-order chi connectivity index (χ0) is 21.5. The number of carbonyl (C=O) groups is 2. The van der Waals surface area contributed by atoms with Gasteiger partial charge in [-0.05, 0) is 25.1 Å². The molecule has 0 spiro atoms. The molecule has 156 valence electrons. The lowest BCUT2D eigenvalue weighted by atomic mass is 10.2. The van der Waals surface area contributed by atoms with E-state index in [1.165, 1.54) is 10.5 Å². The highest BCUT2D eigenvalue weighted by Crippen LogP contribution is 2.24. The van der Waals surface area contributed by atoms with Gasteiger partial charge in [-0.2, -0.15) is 0 Å². The van der Waals surface area contributed by atoms with Gasteiger partial charge in [-0.25, -0.2) is 4.98 Å². The van der Waals surface area contributed by atoms with Crippen molar-refractivity contribution in [3.63, 3.8) is 0 Å². The molecule has 0 saturated carbocycles. The van der Waals surface area contributed by atoms with Crippen LogP contribution in [0, 0.1) is 6.92 Å². The minimum absolute atomic E-state index is 0.0643. The van der Waals surface area contributed by atoms with Crippen molar-refractivity contribution in [1.82, 2.24) is 15.2 Å². The highest BCUT2D eigenvalue weighted by Gasteiger charge is 2.10. The fraction of sp³-hybridized carbons (Fsp3) is 0.261. The van der Waals surface area contributed by atoms with Crippen LogP contribution in [0.15, 0.2) is 53.9 Å². The van der Waals surface area contributed by atoms with Crippen LogP contribution >= 0.6 is 11.3 Å². The van der Waals surface area contributed by atoms with Crippen LogP contribution in [0.1, 0.15) is 21.6 Å². The fourth-order valence-electron chi connectivity index (χ4n) is 2.66. The monoisotopic (exact) mass is 423 g/mol. The first kappa shape index (κ1) is 21.5. The highest BCUT2D eigenvalue weighted by atomic mass is 32.1. The molecule has 0 saturated heterocycles. The molecule has 2 amide bonds. The van der Waals surface area contributed by atoms with Crippen molar-refractivity contribution in [3.8, 4) is 16.3 Å². The Morgan fingerprint density at radius 1 is 1.13 bits per heavy atom. The molecule has 3 aromatic rings. The zero-order valence-corrected chi connectivity index (χ0v) is 18.2. The molecule has 2 aromatic carbocycles. The predicted octanol–water partition coefficient (Wildman–Crippen LogP) is 3.56. The third-order valence-electron chi connectivity index (χ3n) is 4.47. The molecule has 0 aliphatic carbocycles. The Kier molecular flexibility index (Phi) is 7.19. The molecule has 30 heavy (non-hydrogen) atoms. The van der Waals surface area contributed by atoms with E-state index in [4.69, 9.17) is 4.74 Å². The quantitative estimate of drug-likeness (QED) is 0.601. The summed E-state index contributed by atoms with van der Waals surface area (Å²) in [6, 6.07) is 15.1. The van der Waals surface area contributed by atoms with Crippen molar-refractivity contribution in [2.24, 2.45) is 0 Å². The van der Waals surface area contributed by atoms with Crippen LogP contribution in [0.25, 0.3) is 10.6 Å². The third-order valence-corrected chi connectivity index (χ3v) is 5.41. The van der Waals surface area contributed by atoms with Crippen LogP contribution in [-0.4, -0.2) is 48.9 Å². The molecule has 0 aliphatic rings. The summed E-state index contributed by atoms with van der Waals surface area (Å²) in [4.78, 5) is 30.2. The molecule has 0 unspecified atom stereocenters. The maximum absolute atomic E-state index is 12.4. The van der Waals surface area contributed by atoms with Gasteiger partial charge in [0.2, 0.25) is 0 Å². The van der Waals surface area contributed by atoms with Gasteiger partial charge in [0.25, 0.3) is 11.8 Å². The lowest BCUT2D eigenvalue weighted by Crippen LogP contribution is -2.28. The normalized spacial score (nSPS) is 10.5. The number of ether oxygens (including phenoxy) is 1. The lowest BCUT2D eigenvalue weighted by Gasteiger charge is -2.12. The molecule has 0 fully saturated rings. The van der Waals surface area contributed by atoms with E-state index >= 15 is 0 Å². The smallest absolute Gasteiger partial charge is 0.259 e. The summed E-state index contributed by atoms with van der Waals surface area (Å²) >= 11 is 1.60. The van der Waals surface area contributed by atoms with Crippen LogP contribution in [0.2, 0.25) is 0 Å². The van der Waals surface area contributed by atoms with E-state index in [0.29, 0.717) is 24.3 Å². The van der Waals surface area contributed by atoms with E-state index in [9.17, 15) is 9.59 Å². The fourth-order valence-corrected chi connectivity index (χ4v) is 3.52. The molecular formula is C23H25N3O3S. The van der Waals surface area contributed by atoms with Crippen molar-refractivity contribution in [2.75, 3.05) is 27.2 Å². The SMILES string of the molecule is Cc1ccc(-c2nc(CCNC(=O)c3cccc(OCC(=O)N(C)C)c3)cs2)cc1. The number of aromatic nitrogens is 1. The van der Waals surface area contributed by atoms with Crippen molar-refractivity contribution in [1.29, 1.82) is 0 Å². The molecule has 1 aromatic heterocycles. The number of hydrogen-bond acceptors (Lipinski definition) is 5. The number of aryl methyl sites for hydroxylation is 1. The van der Waals surface area contributed by atoms with Crippen molar-refractivity contribution < 1.29 is 14.3 Å². The van der Waals surface area contributed by atoms with Gasteiger partial charge in [-0.1, -0.05) is 35.9 Å². The summed E-state index contributed by atoms with van der Waals surface area (Å²) in [6.07, 6.45) is 0.654. The molecule has 0 bridgehead atoms. The summed E-state index contributed by atoms with van der Waals surface area (Å²) in [5.74, 6) is 0.159. The molecule has 0 atom stereocenters. The molecule has 3 rings (SSSR count). The molecular weight excluding hydrogens is 398 g/mol. The first-order valence-electron chi connectivity index (χ1n) is 9.65. The van der Waals surface area contributed by atoms with Gasteiger partial charge in [-0.15, -0.1) is 11.3 Å². The van der Waals surface area contributed by atoms with E-state index in [1.54, 1.807) is 49.7 Å². The second-order valence-corrected chi connectivity index (χ2v) is 7.98. The Labute approximate surface area is 180 Å². The van der Waals surface area contributed by atoms with Gasteiger partial charge in [0, 0.05) is 43.6 Å². The minimum atomic E-state index is -0.187. The highest BCUT2D eigenvalue weighted by molar-refractivity contribution is 7.13. The first-order chi connectivity index (χ1) is 14.4. The Balaban J connectivity index is 1.51. The minimum Gasteiger partial charge on any atom is -0.484 e. The molecule has 0 radical (unpaired) electrons. The van der Waals surface area contributed by atoms with Gasteiger partial charge in [0.05, 0.1) is 5.69 Å². The largest absolute Gasteiger partial charge is 0.484 e. The Morgan fingerprint density at radius 2 is 1.90 bits per heavy atom. The van der Waals surface area contributed by atoms with Crippen LogP contribution in [0.5, 0.6) is 5.75 Å². The number of carbonyl (C=O) groups excluding carboxylic acids is 2. The maximum Gasteiger partial charge on any atom is 0.259 e. The molecule has 7 heteroatoms. The van der Waals surface area contributed by atoms with E-state index in [-0.39, 0.29) is 18.4 Å². The van der Waals surface area contributed by atoms with Crippen LogP contribution in [0.3, 0.4) is 0 Å². The maximum atomic E-state index is 12.4. The average Bonchev–Trinajstić information content (AvgIpc) is 3.21. The number of hydrogen-bond donors (Lipinski definition) is 1. The summed E-state index contributed by atoms with van der Waals surface area (Å²) < 4.78 is 5.47. The number of rotatable bonds is 8. The standard InChI is InChI=1S/C23H25N3O3S/c1-16-7-9-17(10-8-16)23-25-19(15-30-23)11-12-24-22(28)18-5-4-6-20(13-18)29-14-21(27)26(2)3/h4-10,13,15H,11-12,14H2,1-3H3,(H,24,28). The Bertz CT molecular complexity index is 1010. The van der Waals surface area contributed by atoms with Gasteiger partial charge in [0.15, 0.2) is 6.61 Å². The van der Waals surface area contributed by atoms with Gasteiger partial charge in [0.1, 0.15) is 10.8 Å². The topological polar surface area (TPSA) is 71.5 Å². The Hall–Kier alpha value is -3.19. The van der Waals surface area contributed by atoms with E-state index in [2.05, 4.69) is 41.5 Å². The predicted molar refractivity (Wildman–Crippen MR) is 119 cm³/mol. The number of nitrogens with one attached hydrogen (secondary N) is 1. The molecule has 1 N–H and O–H groups in total. The molecule has 0 aliphatic heterocycles. The van der Waals surface area contributed by atoms with Crippen molar-refractivity contribution in [2.45, 2.75) is 13.3 Å². The summed E-state index contributed by atoms with van der Waals surface area (Å²) in [5.41, 5.74) is 3.76. The van der Waals surface area contributed by atoms with Crippen molar-refractivity contribution in [3.05, 3.63) is 70.7 Å².